The van der Waals surface area contributed by atoms with Crippen LogP contribution in [0.15, 0.2) is 18.2 Å². The molecule has 1 N–H and O–H groups in total. The molecule has 0 aliphatic heterocycles. The van der Waals surface area contributed by atoms with Crippen LogP contribution >= 0.6 is 11.6 Å². The summed E-state index contributed by atoms with van der Waals surface area (Å²) in [6, 6.07) is 4.81. The smallest absolute Gasteiger partial charge is 0.375 e. The first-order chi connectivity index (χ1) is 6.66. The van der Waals surface area contributed by atoms with Crippen LogP contribution in [0.1, 0.15) is 10.6 Å². The fourth-order valence-corrected chi connectivity index (χ4v) is 1.17. The fraction of sp³-hybridized carbons (Fsp3) is 0. The first kappa shape index (κ1) is 8.83. The standard InChI is InChI=1S/C8H4ClN3O2/c9-4-1-2-5-6(3-4)10-7(8(13)14)12-11-5/h1-3H,(H,13,14). The van der Waals surface area contributed by atoms with Gasteiger partial charge in [-0.3, -0.25) is 0 Å². The van der Waals surface area contributed by atoms with Crippen LogP contribution < -0.4 is 0 Å². The summed E-state index contributed by atoms with van der Waals surface area (Å²) in [5.74, 6) is -1.54. The zero-order valence-corrected chi connectivity index (χ0v) is 7.56. The van der Waals surface area contributed by atoms with Crippen molar-refractivity contribution in [2.75, 3.05) is 0 Å². The number of fused-ring (bicyclic) bond motifs is 1. The van der Waals surface area contributed by atoms with E-state index in [1.54, 1.807) is 12.1 Å². The van der Waals surface area contributed by atoms with Crippen LogP contribution in [0.3, 0.4) is 0 Å². The van der Waals surface area contributed by atoms with Crippen molar-refractivity contribution in [3.8, 4) is 0 Å². The lowest BCUT2D eigenvalue weighted by Crippen LogP contribution is -2.05. The maximum absolute atomic E-state index is 10.5. The molecule has 2 aromatic rings. The van der Waals surface area contributed by atoms with Crippen molar-refractivity contribution in [1.82, 2.24) is 15.2 Å². The molecule has 0 saturated carbocycles. The lowest BCUT2D eigenvalue weighted by Gasteiger charge is -1.96. The van der Waals surface area contributed by atoms with Gasteiger partial charge >= 0.3 is 5.97 Å². The Morgan fingerprint density at radius 1 is 1.29 bits per heavy atom. The highest BCUT2D eigenvalue weighted by atomic mass is 35.5. The number of halogens is 1. The van der Waals surface area contributed by atoms with Crippen molar-refractivity contribution in [2.45, 2.75) is 0 Å². The normalized spacial score (nSPS) is 10.4. The van der Waals surface area contributed by atoms with E-state index >= 15 is 0 Å². The van der Waals surface area contributed by atoms with Crippen molar-refractivity contribution in [3.05, 3.63) is 29.0 Å². The molecule has 1 aromatic carbocycles. The number of hydrogen-bond donors (Lipinski definition) is 1. The van der Waals surface area contributed by atoms with E-state index in [1.807, 2.05) is 0 Å². The van der Waals surface area contributed by atoms with E-state index < -0.39 is 5.97 Å². The lowest BCUT2D eigenvalue weighted by molar-refractivity contribution is 0.0682. The number of benzene rings is 1. The highest BCUT2D eigenvalue weighted by Crippen LogP contribution is 2.14. The molecule has 0 radical (unpaired) electrons. The number of carbonyl (C=O) groups is 1. The molecule has 0 unspecified atom stereocenters. The van der Waals surface area contributed by atoms with E-state index in [2.05, 4.69) is 15.2 Å². The fourth-order valence-electron chi connectivity index (χ4n) is 0.999. The zero-order valence-electron chi connectivity index (χ0n) is 6.81. The van der Waals surface area contributed by atoms with E-state index in [0.29, 0.717) is 16.1 Å². The molecule has 0 saturated heterocycles. The second kappa shape index (κ2) is 3.19. The molecular formula is C8H4ClN3O2. The monoisotopic (exact) mass is 209 g/mol. The molecule has 0 spiro atoms. The molecule has 0 bridgehead atoms. The minimum absolute atomic E-state index is 0.334. The number of rotatable bonds is 1. The number of carboxylic acid groups (broad SMARTS) is 1. The Labute approximate surface area is 83.4 Å². The van der Waals surface area contributed by atoms with Gasteiger partial charge in [-0.15, -0.1) is 10.2 Å². The molecule has 0 amide bonds. The van der Waals surface area contributed by atoms with Gasteiger partial charge in [0.1, 0.15) is 5.52 Å². The highest BCUT2D eigenvalue weighted by molar-refractivity contribution is 6.31. The minimum Gasteiger partial charge on any atom is -0.475 e. The van der Waals surface area contributed by atoms with Gasteiger partial charge in [0.05, 0.1) is 5.52 Å². The molecule has 70 valence electrons. The lowest BCUT2D eigenvalue weighted by atomic mass is 10.3. The molecule has 1 aromatic heterocycles. The Morgan fingerprint density at radius 3 is 2.79 bits per heavy atom. The topological polar surface area (TPSA) is 76.0 Å². The first-order valence-electron chi connectivity index (χ1n) is 3.70. The first-order valence-corrected chi connectivity index (χ1v) is 4.08. The van der Waals surface area contributed by atoms with E-state index in [1.165, 1.54) is 6.07 Å². The number of aromatic nitrogens is 3. The zero-order chi connectivity index (χ0) is 10.1. The second-order valence-corrected chi connectivity index (χ2v) is 3.01. The van der Waals surface area contributed by atoms with Gasteiger partial charge in [0.15, 0.2) is 0 Å². The van der Waals surface area contributed by atoms with E-state index in [0.717, 1.165) is 0 Å². The van der Waals surface area contributed by atoms with Crippen LogP contribution in [0.2, 0.25) is 5.02 Å². The van der Waals surface area contributed by atoms with Gasteiger partial charge in [0.25, 0.3) is 5.82 Å². The molecular weight excluding hydrogens is 206 g/mol. The molecule has 0 atom stereocenters. The van der Waals surface area contributed by atoms with E-state index in [-0.39, 0.29) is 5.82 Å². The van der Waals surface area contributed by atoms with Crippen molar-refractivity contribution >= 4 is 28.6 Å². The van der Waals surface area contributed by atoms with Crippen LogP contribution in [0.5, 0.6) is 0 Å². The SMILES string of the molecule is O=C(O)c1nnc2ccc(Cl)cc2n1. The maximum atomic E-state index is 10.5. The number of aromatic carboxylic acids is 1. The molecule has 6 heteroatoms. The third-order valence-electron chi connectivity index (χ3n) is 1.61. The highest BCUT2D eigenvalue weighted by Gasteiger charge is 2.08. The largest absolute Gasteiger partial charge is 0.475 e. The molecule has 2 rings (SSSR count). The van der Waals surface area contributed by atoms with Crippen LogP contribution in [0, 0.1) is 0 Å². The molecule has 0 aliphatic carbocycles. The average Bonchev–Trinajstić information content (AvgIpc) is 2.16. The van der Waals surface area contributed by atoms with Gasteiger partial charge in [-0.25, -0.2) is 9.78 Å². The number of carboxylic acids is 1. The number of nitrogens with zero attached hydrogens (tertiary/aromatic N) is 3. The average molecular weight is 210 g/mol. The van der Waals surface area contributed by atoms with E-state index in [4.69, 9.17) is 16.7 Å². The summed E-state index contributed by atoms with van der Waals surface area (Å²) < 4.78 is 0. The van der Waals surface area contributed by atoms with Crippen LogP contribution in [0.4, 0.5) is 0 Å². The quantitative estimate of drug-likeness (QED) is 0.768. The van der Waals surface area contributed by atoms with E-state index in [9.17, 15) is 4.79 Å². The predicted molar refractivity (Wildman–Crippen MR) is 49.3 cm³/mol. The van der Waals surface area contributed by atoms with Crippen LogP contribution in [0.25, 0.3) is 11.0 Å². The van der Waals surface area contributed by atoms with Crippen molar-refractivity contribution in [1.29, 1.82) is 0 Å². The summed E-state index contributed by atoms with van der Waals surface area (Å²) in [6.07, 6.45) is 0. The predicted octanol–water partition coefficient (Wildman–Crippen LogP) is 1.38. The van der Waals surface area contributed by atoms with Gasteiger partial charge in [0, 0.05) is 5.02 Å². The Kier molecular flexibility index (Phi) is 2.01. The third kappa shape index (κ3) is 1.49. The van der Waals surface area contributed by atoms with Gasteiger partial charge in [0.2, 0.25) is 0 Å². The molecule has 0 fully saturated rings. The van der Waals surface area contributed by atoms with Gasteiger partial charge in [-0.2, -0.15) is 0 Å². The van der Waals surface area contributed by atoms with Crippen LogP contribution in [-0.2, 0) is 0 Å². The van der Waals surface area contributed by atoms with Crippen LogP contribution in [-0.4, -0.2) is 26.3 Å². The summed E-state index contributed by atoms with van der Waals surface area (Å²) in [7, 11) is 0. The van der Waals surface area contributed by atoms with Gasteiger partial charge in [-0.1, -0.05) is 11.6 Å². The van der Waals surface area contributed by atoms with Crippen molar-refractivity contribution < 1.29 is 9.90 Å². The van der Waals surface area contributed by atoms with Crippen molar-refractivity contribution in [3.63, 3.8) is 0 Å². The van der Waals surface area contributed by atoms with Crippen molar-refractivity contribution in [2.24, 2.45) is 0 Å². The summed E-state index contributed by atoms with van der Waals surface area (Å²) in [5.41, 5.74) is 0.935. The van der Waals surface area contributed by atoms with Gasteiger partial charge < -0.3 is 5.11 Å². The summed E-state index contributed by atoms with van der Waals surface area (Å²) in [6.45, 7) is 0. The second-order valence-electron chi connectivity index (χ2n) is 2.57. The Hall–Kier alpha value is -1.75. The molecule has 1 heterocycles. The minimum atomic E-state index is -1.21. The summed E-state index contributed by atoms with van der Waals surface area (Å²) in [4.78, 5) is 14.3. The number of hydrogen-bond acceptors (Lipinski definition) is 4. The Bertz CT molecular complexity index is 515. The molecule has 14 heavy (non-hydrogen) atoms. The summed E-state index contributed by atoms with van der Waals surface area (Å²) >= 11 is 5.71. The Balaban J connectivity index is 2.69. The van der Waals surface area contributed by atoms with Gasteiger partial charge in [-0.05, 0) is 18.2 Å². The third-order valence-corrected chi connectivity index (χ3v) is 1.84. The summed E-state index contributed by atoms with van der Waals surface area (Å²) in [5, 5.41) is 16.2. The maximum Gasteiger partial charge on any atom is 0.375 e. The Morgan fingerprint density at radius 2 is 2.07 bits per heavy atom. The molecule has 5 nitrogen and oxygen atoms in total. The molecule has 0 aliphatic rings.